The maximum absolute atomic E-state index is 11.9. The van der Waals surface area contributed by atoms with E-state index in [0.29, 0.717) is 22.9 Å². The highest BCUT2D eigenvalue weighted by atomic mass is 16.1. The smallest absolute Gasteiger partial charge is 0.327 e. The molecule has 1 aliphatic rings. The standard InChI is InChI=1S/C12H17N5O/c13-10-9-11(15-7-14-10)17(12(18)16-9)6-8-4-2-1-3-5-8/h7-8H,1-6H2,(H,16,18)(H2,13,14,15). The van der Waals surface area contributed by atoms with E-state index in [2.05, 4.69) is 15.0 Å². The molecule has 0 aliphatic heterocycles. The first-order valence-corrected chi connectivity index (χ1v) is 6.44. The van der Waals surface area contributed by atoms with Gasteiger partial charge in [-0.05, 0) is 18.8 Å². The van der Waals surface area contributed by atoms with Gasteiger partial charge in [0.05, 0.1) is 0 Å². The van der Waals surface area contributed by atoms with Crippen LogP contribution in [0.1, 0.15) is 32.1 Å². The van der Waals surface area contributed by atoms with Crippen LogP contribution in [0, 0.1) is 5.92 Å². The van der Waals surface area contributed by atoms with E-state index in [0.717, 1.165) is 6.54 Å². The molecular formula is C12H17N5O. The van der Waals surface area contributed by atoms with Crippen LogP contribution >= 0.6 is 0 Å². The molecule has 6 heteroatoms. The van der Waals surface area contributed by atoms with E-state index in [-0.39, 0.29) is 5.69 Å². The first-order valence-electron chi connectivity index (χ1n) is 6.44. The van der Waals surface area contributed by atoms with Crippen LogP contribution in [0.4, 0.5) is 5.82 Å². The Morgan fingerprint density at radius 1 is 1.33 bits per heavy atom. The van der Waals surface area contributed by atoms with Gasteiger partial charge in [-0.25, -0.2) is 14.8 Å². The van der Waals surface area contributed by atoms with Crippen molar-refractivity contribution in [3.05, 3.63) is 16.8 Å². The quantitative estimate of drug-likeness (QED) is 0.836. The lowest BCUT2D eigenvalue weighted by Gasteiger charge is -2.21. The fraction of sp³-hybridized carbons (Fsp3) is 0.583. The number of nitrogens with two attached hydrogens (primary N) is 1. The molecule has 3 N–H and O–H groups in total. The summed E-state index contributed by atoms with van der Waals surface area (Å²) in [5.74, 6) is 0.908. The van der Waals surface area contributed by atoms with Gasteiger partial charge < -0.3 is 10.7 Å². The van der Waals surface area contributed by atoms with Gasteiger partial charge in [-0.3, -0.25) is 4.57 Å². The average molecular weight is 247 g/mol. The molecule has 2 heterocycles. The minimum Gasteiger partial charge on any atom is -0.382 e. The van der Waals surface area contributed by atoms with Crippen molar-refractivity contribution in [2.24, 2.45) is 5.92 Å². The molecule has 6 nitrogen and oxygen atoms in total. The van der Waals surface area contributed by atoms with E-state index in [1.807, 2.05) is 0 Å². The summed E-state index contributed by atoms with van der Waals surface area (Å²) in [6.07, 6.45) is 7.63. The van der Waals surface area contributed by atoms with Crippen molar-refractivity contribution in [2.45, 2.75) is 38.6 Å². The number of hydrogen-bond donors (Lipinski definition) is 2. The lowest BCUT2D eigenvalue weighted by molar-refractivity contribution is 0.319. The van der Waals surface area contributed by atoms with Gasteiger partial charge in [-0.15, -0.1) is 0 Å². The molecule has 18 heavy (non-hydrogen) atoms. The Morgan fingerprint density at radius 2 is 2.11 bits per heavy atom. The van der Waals surface area contributed by atoms with E-state index in [1.54, 1.807) is 4.57 Å². The predicted octanol–water partition coefficient (Wildman–Crippen LogP) is 1.28. The first kappa shape index (κ1) is 11.3. The molecular weight excluding hydrogens is 230 g/mol. The number of nitrogen functional groups attached to an aromatic ring is 1. The second-order valence-corrected chi connectivity index (χ2v) is 5.00. The zero-order valence-corrected chi connectivity index (χ0v) is 10.2. The zero-order chi connectivity index (χ0) is 12.5. The second kappa shape index (κ2) is 4.44. The van der Waals surface area contributed by atoms with Gasteiger partial charge in [0.2, 0.25) is 0 Å². The van der Waals surface area contributed by atoms with Crippen molar-refractivity contribution in [3.63, 3.8) is 0 Å². The number of fused-ring (bicyclic) bond motifs is 1. The van der Waals surface area contributed by atoms with Gasteiger partial charge in [0.1, 0.15) is 11.8 Å². The van der Waals surface area contributed by atoms with E-state index >= 15 is 0 Å². The molecule has 1 fully saturated rings. The lowest BCUT2D eigenvalue weighted by atomic mass is 9.89. The molecule has 2 aromatic heterocycles. The SMILES string of the molecule is Nc1ncnc2c1[nH]c(=O)n2CC1CCCCC1. The number of aromatic nitrogens is 4. The number of rotatable bonds is 2. The topological polar surface area (TPSA) is 89.6 Å². The maximum atomic E-state index is 11.9. The van der Waals surface area contributed by atoms with Crippen molar-refractivity contribution >= 4 is 17.0 Å². The number of imidazole rings is 1. The number of hydrogen-bond acceptors (Lipinski definition) is 4. The number of nitrogens with one attached hydrogen (secondary N) is 1. The van der Waals surface area contributed by atoms with Crippen LogP contribution in [-0.4, -0.2) is 19.5 Å². The monoisotopic (exact) mass is 247 g/mol. The summed E-state index contributed by atoms with van der Waals surface area (Å²) in [5.41, 5.74) is 6.78. The Kier molecular flexibility index (Phi) is 2.77. The minimum absolute atomic E-state index is 0.136. The molecule has 0 spiro atoms. The molecule has 0 aromatic carbocycles. The van der Waals surface area contributed by atoms with Crippen molar-refractivity contribution in [2.75, 3.05) is 5.73 Å². The molecule has 1 aliphatic carbocycles. The third-order valence-electron chi connectivity index (χ3n) is 3.75. The number of H-pyrrole nitrogens is 1. The molecule has 0 amide bonds. The predicted molar refractivity (Wildman–Crippen MR) is 69.1 cm³/mol. The van der Waals surface area contributed by atoms with Gasteiger partial charge in [-0.1, -0.05) is 19.3 Å². The highest BCUT2D eigenvalue weighted by molar-refractivity contribution is 5.80. The van der Waals surface area contributed by atoms with Crippen LogP contribution in [0.3, 0.4) is 0 Å². The molecule has 3 rings (SSSR count). The maximum Gasteiger partial charge on any atom is 0.327 e. The van der Waals surface area contributed by atoms with Crippen LogP contribution in [0.15, 0.2) is 11.1 Å². The van der Waals surface area contributed by atoms with Gasteiger partial charge in [0.25, 0.3) is 0 Å². The first-order chi connectivity index (χ1) is 8.75. The normalized spacial score (nSPS) is 17.3. The van der Waals surface area contributed by atoms with Gasteiger partial charge >= 0.3 is 5.69 Å². The van der Waals surface area contributed by atoms with E-state index in [1.165, 1.54) is 38.4 Å². The molecule has 96 valence electrons. The van der Waals surface area contributed by atoms with Crippen LogP contribution in [0.25, 0.3) is 11.2 Å². The average Bonchev–Trinajstić information content (AvgIpc) is 2.70. The number of aromatic amines is 1. The molecule has 0 saturated heterocycles. The molecule has 0 bridgehead atoms. The summed E-state index contributed by atoms with van der Waals surface area (Å²) in [6.45, 7) is 0.731. The van der Waals surface area contributed by atoms with Crippen LogP contribution in [0.2, 0.25) is 0 Å². The van der Waals surface area contributed by atoms with Crippen LogP contribution < -0.4 is 11.4 Å². The van der Waals surface area contributed by atoms with Crippen molar-refractivity contribution in [3.8, 4) is 0 Å². The van der Waals surface area contributed by atoms with Gasteiger partial charge in [0.15, 0.2) is 11.5 Å². The molecule has 0 atom stereocenters. The third-order valence-corrected chi connectivity index (χ3v) is 3.75. The number of anilines is 1. The summed E-state index contributed by atoms with van der Waals surface area (Å²) >= 11 is 0. The second-order valence-electron chi connectivity index (χ2n) is 5.00. The highest BCUT2D eigenvalue weighted by Crippen LogP contribution is 2.25. The van der Waals surface area contributed by atoms with E-state index < -0.39 is 0 Å². The zero-order valence-electron chi connectivity index (χ0n) is 10.2. The summed E-state index contributed by atoms with van der Waals surface area (Å²) < 4.78 is 1.70. The van der Waals surface area contributed by atoms with Gasteiger partial charge in [0, 0.05) is 6.54 Å². The van der Waals surface area contributed by atoms with Crippen LogP contribution in [0.5, 0.6) is 0 Å². The Bertz CT molecular complexity index is 608. The third kappa shape index (κ3) is 1.87. The fourth-order valence-electron chi connectivity index (χ4n) is 2.78. The largest absolute Gasteiger partial charge is 0.382 e. The summed E-state index contributed by atoms with van der Waals surface area (Å²) in [7, 11) is 0. The van der Waals surface area contributed by atoms with Crippen molar-refractivity contribution < 1.29 is 0 Å². The highest BCUT2D eigenvalue weighted by Gasteiger charge is 2.18. The van der Waals surface area contributed by atoms with E-state index in [9.17, 15) is 4.79 Å². The molecule has 0 unspecified atom stereocenters. The lowest BCUT2D eigenvalue weighted by Crippen LogP contribution is -2.23. The Morgan fingerprint density at radius 3 is 2.89 bits per heavy atom. The summed E-state index contributed by atoms with van der Waals surface area (Å²) in [6, 6.07) is 0. The van der Waals surface area contributed by atoms with Gasteiger partial charge in [-0.2, -0.15) is 0 Å². The fourth-order valence-corrected chi connectivity index (χ4v) is 2.78. The Balaban J connectivity index is 1.98. The Labute approximate surface area is 104 Å². The molecule has 2 aromatic rings. The number of nitrogens with zero attached hydrogens (tertiary/aromatic N) is 3. The van der Waals surface area contributed by atoms with E-state index in [4.69, 9.17) is 5.73 Å². The minimum atomic E-state index is -0.136. The molecule has 0 radical (unpaired) electrons. The van der Waals surface area contributed by atoms with Crippen molar-refractivity contribution in [1.29, 1.82) is 0 Å². The Hall–Kier alpha value is -1.85. The summed E-state index contributed by atoms with van der Waals surface area (Å²) in [4.78, 5) is 22.8. The summed E-state index contributed by atoms with van der Waals surface area (Å²) in [5, 5.41) is 0. The van der Waals surface area contributed by atoms with Crippen LogP contribution in [-0.2, 0) is 6.54 Å². The van der Waals surface area contributed by atoms with Crippen molar-refractivity contribution in [1.82, 2.24) is 19.5 Å². The molecule has 1 saturated carbocycles.